The predicted molar refractivity (Wildman–Crippen MR) is 191 cm³/mol. The van der Waals surface area contributed by atoms with Gasteiger partial charge in [0.25, 0.3) is 0 Å². The van der Waals surface area contributed by atoms with Gasteiger partial charge in [0.2, 0.25) is 0 Å². The van der Waals surface area contributed by atoms with Gasteiger partial charge in [0.15, 0.2) is 0 Å². The number of para-hydroxylation sites is 1. The topological polar surface area (TPSA) is 56.7 Å². The third-order valence-electron chi connectivity index (χ3n) is 8.12. The Kier molecular flexibility index (Phi) is 9.29. The van der Waals surface area contributed by atoms with Gasteiger partial charge in [-0.1, -0.05) is 12.1 Å². The van der Waals surface area contributed by atoms with Crippen molar-refractivity contribution in [3.8, 4) is 28.3 Å². The molecular formula is C40H34GeIrN4O-2. The van der Waals surface area contributed by atoms with E-state index in [2.05, 4.69) is 75.4 Å². The number of furan rings is 1. The van der Waals surface area contributed by atoms with Crippen molar-refractivity contribution in [2.24, 2.45) is 0 Å². The molecule has 0 amide bonds. The predicted octanol–water partition coefficient (Wildman–Crippen LogP) is 9.50. The quantitative estimate of drug-likeness (QED) is 0.131. The summed E-state index contributed by atoms with van der Waals surface area (Å²) in [5.41, 5.74) is 9.52. The molecular weight excluding hydrogens is 817 g/mol. The zero-order chi connectivity index (χ0) is 31.8. The van der Waals surface area contributed by atoms with Crippen LogP contribution in [0.25, 0.3) is 61.3 Å². The summed E-state index contributed by atoms with van der Waals surface area (Å²) >= 11 is -1.98. The van der Waals surface area contributed by atoms with E-state index < -0.39 is 13.3 Å². The van der Waals surface area contributed by atoms with Crippen molar-refractivity contribution in [1.29, 1.82) is 0 Å². The summed E-state index contributed by atoms with van der Waals surface area (Å²) in [6, 6.07) is 43.5. The van der Waals surface area contributed by atoms with E-state index in [1.807, 2.05) is 86.6 Å². The molecule has 0 saturated heterocycles. The van der Waals surface area contributed by atoms with Gasteiger partial charge in [-0.3, -0.25) is 0 Å². The summed E-state index contributed by atoms with van der Waals surface area (Å²) in [5, 5.41) is 2.23. The Bertz CT molecular complexity index is 2270. The molecule has 1 radical (unpaired) electrons. The maximum atomic E-state index is 6.54. The Morgan fingerprint density at radius 3 is 2.26 bits per heavy atom. The molecule has 0 aliphatic heterocycles. The molecule has 0 spiro atoms. The van der Waals surface area contributed by atoms with Gasteiger partial charge in [-0.15, -0.1) is 35.9 Å². The monoisotopic (exact) mass is 853 g/mol. The van der Waals surface area contributed by atoms with Crippen molar-refractivity contribution in [1.82, 2.24) is 19.5 Å². The zero-order valence-corrected chi connectivity index (χ0v) is 31.5. The number of benzene rings is 4. The molecule has 7 heteroatoms. The number of aromatic nitrogens is 4. The van der Waals surface area contributed by atoms with Crippen LogP contribution in [0.15, 0.2) is 120 Å². The Labute approximate surface area is 291 Å². The first-order chi connectivity index (χ1) is 22.3. The number of hydrogen-bond acceptors (Lipinski definition) is 4. The van der Waals surface area contributed by atoms with Gasteiger partial charge in [0.05, 0.1) is 0 Å². The number of pyridine rings is 2. The van der Waals surface area contributed by atoms with E-state index in [9.17, 15) is 0 Å². The van der Waals surface area contributed by atoms with Crippen LogP contribution in [0.1, 0.15) is 11.4 Å². The van der Waals surface area contributed by atoms with E-state index in [0.29, 0.717) is 0 Å². The van der Waals surface area contributed by atoms with Crippen LogP contribution in [-0.2, 0) is 20.1 Å². The molecule has 0 bridgehead atoms. The van der Waals surface area contributed by atoms with Crippen molar-refractivity contribution in [3.05, 3.63) is 139 Å². The van der Waals surface area contributed by atoms with Crippen LogP contribution >= 0.6 is 0 Å². The molecule has 0 N–H and O–H groups in total. The second-order valence-electron chi connectivity index (χ2n) is 12.5. The van der Waals surface area contributed by atoms with E-state index in [1.165, 1.54) is 4.40 Å². The van der Waals surface area contributed by atoms with Gasteiger partial charge in [-0.25, -0.2) is 0 Å². The maximum Gasteiger partial charge on any atom is 0.0160 e. The van der Waals surface area contributed by atoms with Crippen molar-refractivity contribution in [2.45, 2.75) is 31.1 Å². The summed E-state index contributed by atoms with van der Waals surface area (Å²) in [6.45, 7) is 4.06. The van der Waals surface area contributed by atoms with Gasteiger partial charge >= 0.3 is 202 Å². The molecule has 0 aliphatic carbocycles. The second kappa shape index (κ2) is 13.4. The average Bonchev–Trinajstić information content (AvgIpc) is 3.64. The van der Waals surface area contributed by atoms with Gasteiger partial charge < -0.3 is 4.98 Å². The number of fused-ring (bicyclic) bond motifs is 4. The van der Waals surface area contributed by atoms with Crippen LogP contribution in [0.3, 0.4) is 0 Å². The van der Waals surface area contributed by atoms with E-state index in [4.69, 9.17) is 14.4 Å². The van der Waals surface area contributed by atoms with Gasteiger partial charge in [-0.05, 0) is 11.8 Å². The van der Waals surface area contributed by atoms with E-state index >= 15 is 0 Å². The van der Waals surface area contributed by atoms with Gasteiger partial charge in [-0.2, -0.15) is 0 Å². The van der Waals surface area contributed by atoms with E-state index in [-0.39, 0.29) is 20.1 Å². The Balaban J connectivity index is 0.000000250. The third kappa shape index (κ3) is 6.46. The molecule has 235 valence electrons. The Morgan fingerprint density at radius 1 is 0.745 bits per heavy atom. The van der Waals surface area contributed by atoms with Crippen LogP contribution in [0, 0.1) is 26.0 Å². The molecule has 47 heavy (non-hydrogen) atoms. The van der Waals surface area contributed by atoms with Crippen LogP contribution in [0.4, 0.5) is 0 Å². The fraction of sp³-hybridized carbons (Fsp3) is 0.125. The molecule has 0 fully saturated rings. The molecule has 0 unspecified atom stereocenters. The van der Waals surface area contributed by atoms with Crippen LogP contribution in [0.2, 0.25) is 17.3 Å². The normalized spacial score (nSPS) is 11.3. The molecule has 4 aromatic carbocycles. The minimum absolute atomic E-state index is 0. The van der Waals surface area contributed by atoms with Gasteiger partial charge in [0, 0.05) is 26.3 Å². The fourth-order valence-electron chi connectivity index (χ4n) is 5.88. The molecule has 0 saturated carbocycles. The maximum absolute atomic E-state index is 6.54. The first-order valence-electron chi connectivity index (χ1n) is 15.5. The number of nitrogens with zero attached hydrogens (tertiary/aromatic N) is 4. The molecule has 4 heterocycles. The molecule has 5 nitrogen and oxygen atoms in total. The second-order valence-corrected chi connectivity index (χ2v) is 23.1. The largest absolute Gasteiger partial charge is 0.305 e. The van der Waals surface area contributed by atoms with Crippen molar-refractivity contribution in [3.63, 3.8) is 0 Å². The smallest absolute Gasteiger partial charge is 0.0160 e. The summed E-state index contributed by atoms with van der Waals surface area (Å²) < 4.78 is 10.2. The van der Waals surface area contributed by atoms with E-state index in [1.54, 1.807) is 6.20 Å². The molecule has 8 aromatic rings. The van der Waals surface area contributed by atoms with Crippen molar-refractivity contribution < 1.29 is 24.5 Å². The summed E-state index contributed by atoms with van der Waals surface area (Å²) in [4.78, 5) is 14.1. The van der Waals surface area contributed by atoms with E-state index in [0.717, 1.165) is 72.7 Å². The van der Waals surface area contributed by atoms with Gasteiger partial charge in [0.1, 0.15) is 0 Å². The summed E-state index contributed by atoms with van der Waals surface area (Å²) in [6.07, 6.45) is 1.79. The zero-order valence-electron chi connectivity index (χ0n) is 27.0. The minimum atomic E-state index is -1.98. The Hall–Kier alpha value is -4.36. The van der Waals surface area contributed by atoms with Crippen LogP contribution < -0.4 is 4.40 Å². The first kappa shape index (κ1) is 32.6. The standard InChI is InChI=1S/C29H26GeN3O.C11H8N.Ir/c1-18-16-25-27(19(2)31-18)33(21-10-7-6-8-11-21)29(32-25)24-13-9-12-23-22-15-14-20(30(3,4)5)17-26(22)34-28(23)24;1-2-6-10(7-3-1)11-8-4-5-9-12-11;/h6-12,14-17H,1-5H3;1-6,8-9H;/q2*-1;. The number of imidazole rings is 1. The molecule has 8 rings (SSSR count). The number of hydrogen-bond donors (Lipinski definition) is 0. The molecule has 4 aromatic heterocycles. The number of aryl methyl sites for hydroxylation is 2. The molecule has 0 aliphatic rings. The van der Waals surface area contributed by atoms with Crippen LogP contribution in [-0.4, -0.2) is 32.8 Å². The Morgan fingerprint density at radius 2 is 1.53 bits per heavy atom. The first-order valence-corrected chi connectivity index (χ1v) is 22.8. The fourth-order valence-corrected chi connectivity index (χ4v) is 8.29. The van der Waals surface area contributed by atoms with Crippen molar-refractivity contribution in [2.75, 3.05) is 0 Å². The van der Waals surface area contributed by atoms with Crippen molar-refractivity contribution >= 4 is 50.6 Å². The third-order valence-corrected chi connectivity index (χ3v) is 12.4. The minimum Gasteiger partial charge on any atom is -0.305 e. The SMILES string of the molecule is Cc1cc2nc(-c3[c-]ccc4c3oc3c[c]([Ge]([CH3])([CH3])[CH3])ccc34)n(-c3ccccc3)c2c(C)n1.[Ir].[c-]1ccccc1-c1ccccn1. The molecule has 0 atom stereocenters. The average molecular weight is 852 g/mol. The summed E-state index contributed by atoms with van der Waals surface area (Å²) in [5.74, 6) is 8.03. The summed E-state index contributed by atoms with van der Waals surface area (Å²) in [7, 11) is 0. The number of rotatable bonds is 4. The van der Waals surface area contributed by atoms with Crippen LogP contribution in [0.5, 0.6) is 0 Å².